The van der Waals surface area contributed by atoms with Crippen LogP contribution in [-0.4, -0.2) is 16.6 Å². The second kappa shape index (κ2) is 3.92. The SMILES string of the molecule is CCOCc1cnc(I)[nH]1. The Kier molecular flexibility index (Phi) is 3.14. The summed E-state index contributed by atoms with van der Waals surface area (Å²) in [6.07, 6.45) is 1.79. The molecule has 0 atom stereocenters. The summed E-state index contributed by atoms with van der Waals surface area (Å²) in [4.78, 5) is 7.08. The molecule has 0 saturated carbocycles. The van der Waals surface area contributed by atoms with Crippen LogP contribution in [-0.2, 0) is 11.3 Å². The van der Waals surface area contributed by atoms with Gasteiger partial charge in [0.2, 0.25) is 0 Å². The van der Waals surface area contributed by atoms with Crippen LogP contribution in [0.3, 0.4) is 0 Å². The average molecular weight is 252 g/mol. The van der Waals surface area contributed by atoms with E-state index in [1.807, 2.05) is 6.92 Å². The van der Waals surface area contributed by atoms with Crippen LogP contribution in [0.25, 0.3) is 0 Å². The van der Waals surface area contributed by atoms with E-state index in [-0.39, 0.29) is 0 Å². The average Bonchev–Trinajstić information content (AvgIpc) is 2.31. The van der Waals surface area contributed by atoms with Crippen LogP contribution in [0.4, 0.5) is 0 Å². The zero-order valence-electron chi connectivity index (χ0n) is 5.72. The molecule has 0 aliphatic heterocycles. The van der Waals surface area contributed by atoms with Gasteiger partial charge < -0.3 is 9.72 Å². The molecule has 0 aliphatic rings. The summed E-state index contributed by atoms with van der Waals surface area (Å²) >= 11 is 2.13. The van der Waals surface area contributed by atoms with Crippen molar-refractivity contribution in [2.45, 2.75) is 13.5 Å². The Hall–Kier alpha value is -0.100. The van der Waals surface area contributed by atoms with Gasteiger partial charge >= 0.3 is 0 Å². The number of halogens is 1. The molecule has 3 nitrogen and oxygen atoms in total. The topological polar surface area (TPSA) is 37.9 Å². The van der Waals surface area contributed by atoms with Gasteiger partial charge in [0.15, 0.2) is 3.83 Å². The molecule has 4 heteroatoms. The molecule has 0 bridgehead atoms. The van der Waals surface area contributed by atoms with E-state index in [2.05, 4.69) is 32.6 Å². The molecule has 1 aromatic heterocycles. The lowest BCUT2D eigenvalue weighted by atomic mass is 10.5. The highest BCUT2D eigenvalue weighted by atomic mass is 127. The maximum atomic E-state index is 5.16. The van der Waals surface area contributed by atoms with E-state index in [1.54, 1.807) is 6.20 Å². The van der Waals surface area contributed by atoms with Crippen molar-refractivity contribution in [1.82, 2.24) is 9.97 Å². The molecule has 1 heterocycles. The van der Waals surface area contributed by atoms with Crippen LogP contribution in [0.1, 0.15) is 12.6 Å². The van der Waals surface area contributed by atoms with Gasteiger partial charge in [-0.3, -0.25) is 0 Å². The number of aromatic nitrogens is 2. The monoisotopic (exact) mass is 252 g/mol. The van der Waals surface area contributed by atoms with Crippen LogP contribution in [0.2, 0.25) is 0 Å². The van der Waals surface area contributed by atoms with Crippen molar-refractivity contribution in [2.24, 2.45) is 0 Å². The fourth-order valence-electron chi connectivity index (χ4n) is 0.617. The molecule has 0 spiro atoms. The highest BCUT2D eigenvalue weighted by Crippen LogP contribution is 2.00. The third-order valence-corrected chi connectivity index (χ3v) is 1.61. The summed E-state index contributed by atoms with van der Waals surface area (Å²) < 4.78 is 6.07. The van der Waals surface area contributed by atoms with E-state index in [4.69, 9.17) is 4.74 Å². The Bertz CT molecular complexity index is 199. The molecule has 0 amide bonds. The Labute approximate surface area is 73.3 Å². The van der Waals surface area contributed by atoms with Crippen molar-refractivity contribution in [2.75, 3.05) is 6.61 Å². The molecule has 10 heavy (non-hydrogen) atoms. The van der Waals surface area contributed by atoms with Crippen LogP contribution in [0.5, 0.6) is 0 Å². The van der Waals surface area contributed by atoms with Crippen molar-refractivity contribution in [3.63, 3.8) is 0 Å². The number of hydrogen-bond acceptors (Lipinski definition) is 2. The van der Waals surface area contributed by atoms with Crippen LogP contribution >= 0.6 is 22.6 Å². The Morgan fingerprint density at radius 3 is 3.10 bits per heavy atom. The van der Waals surface area contributed by atoms with Gasteiger partial charge in [-0.05, 0) is 29.5 Å². The highest BCUT2D eigenvalue weighted by Gasteiger charge is 1.94. The Morgan fingerprint density at radius 2 is 2.60 bits per heavy atom. The van der Waals surface area contributed by atoms with Crippen molar-refractivity contribution < 1.29 is 4.74 Å². The molecule has 1 rings (SSSR count). The van der Waals surface area contributed by atoms with Gasteiger partial charge in [0.1, 0.15) is 0 Å². The first-order valence-electron chi connectivity index (χ1n) is 3.10. The minimum absolute atomic E-state index is 0.631. The summed E-state index contributed by atoms with van der Waals surface area (Å²) in [7, 11) is 0. The number of hydrogen-bond donors (Lipinski definition) is 1. The van der Waals surface area contributed by atoms with Gasteiger partial charge in [0.25, 0.3) is 0 Å². The van der Waals surface area contributed by atoms with Gasteiger partial charge in [-0.25, -0.2) is 4.98 Å². The molecule has 1 N–H and O–H groups in total. The lowest BCUT2D eigenvalue weighted by molar-refractivity contribution is 0.131. The number of H-pyrrole nitrogens is 1. The fourth-order valence-corrected chi connectivity index (χ4v) is 1.10. The van der Waals surface area contributed by atoms with Gasteiger partial charge in [0, 0.05) is 6.61 Å². The number of ether oxygens (including phenoxy) is 1. The highest BCUT2D eigenvalue weighted by molar-refractivity contribution is 14.1. The molecule has 1 aromatic rings. The summed E-state index contributed by atoms with van der Waals surface area (Å²) in [6.45, 7) is 3.35. The van der Waals surface area contributed by atoms with Crippen molar-refractivity contribution in [3.05, 3.63) is 15.7 Å². The largest absolute Gasteiger partial charge is 0.375 e. The normalized spacial score (nSPS) is 10.2. The second-order valence-electron chi connectivity index (χ2n) is 1.84. The summed E-state index contributed by atoms with van der Waals surface area (Å²) in [5.74, 6) is 0. The van der Waals surface area contributed by atoms with Gasteiger partial charge in [-0.2, -0.15) is 0 Å². The van der Waals surface area contributed by atoms with E-state index in [9.17, 15) is 0 Å². The van der Waals surface area contributed by atoms with Gasteiger partial charge in [0.05, 0.1) is 18.5 Å². The fraction of sp³-hybridized carbons (Fsp3) is 0.500. The zero-order valence-corrected chi connectivity index (χ0v) is 7.88. The molecular formula is C6H9IN2O. The molecule has 0 unspecified atom stereocenters. The number of nitrogens with one attached hydrogen (secondary N) is 1. The second-order valence-corrected chi connectivity index (χ2v) is 2.86. The lowest BCUT2D eigenvalue weighted by Gasteiger charge is -1.94. The first-order chi connectivity index (χ1) is 4.83. The molecule has 0 saturated heterocycles. The maximum absolute atomic E-state index is 5.16. The molecular weight excluding hydrogens is 243 g/mol. The van der Waals surface area contributed by atoms with Crippen LogP contribution in [0, 0.1) is 3.83 Å². The predicted octanol–water partition coefficient (Wildman–Crippen LogP) is 1.55. The summed E-state index contributed by atoms with van der Waals surface area (Å²) in [5.41, 5.74) is 1.03. The quantitative estimate of drug-likeness (QED) is 0.829. The Morgan fingerprint density at radius 1 is 1.80 bits per heavy atom. The minimum Gasteiger partial charge on any atom is -0.375 e. The maximum Gasteiger partial charge on any atom is 0.168 e. The molecule has 0 aromatic carbocycles. The standard InChI is InChI=1S/C6H9IN2O/c1-2-10-4-5-3-8-6(7)9-5/h3H,2,4H2,1H3,(H,8,9). The van der Waals surface area contributed by atoms with Gasteiger partial charge in [-0.15, -0.1) is 0 Å². The molecule has 0 aliphatic carbocycles. The van der Waals surface area contributed by atoms with E-state index >= 15 is 0 Å². The van der Waals surface area contributed by atoms with Crippen molar-refractivity contribution in [1.29, 1.82) is 0 Å². The smallest absolute Gasteiger partial charge is 0.168 e. The van der Waals surface area contributed by atoms with Crippen LogP contribution in [0.15, 0.2) is 6.20 Å². The minimum atomic E-state index is 0.631. The van der Waals surface area contributed by atoms with Crippen molar-refractivity contribution in [3.8, 4) is 0 Å². The predicted molar refractivity (Wildman–Crippen MR) is 46.6 cm³/mol. The number of nitrogens with zero attached hydrogens (tertiary/aromatic N) is 1. The van der Waals surface area contributed by atoms with E-state index in [0.29, 0.717) is 6.61 Å². The molecule has 0 fully saturated rings. The summed E-state index contributed by atoms with van der Waals surface area (Å²) in [6, 6.07) is 0. The third kappa shape index (κ3) is 2.26. The van der Waals surface area contributed by atoms with Gasteiger partial charge in [-0.1, -0.05) is 0 Å². The van der Waals surface area contributed by atoms with Crippen LogP contribution < -0.4 is 0 Å². The van der Waals surface area contributed by atoms with E-state index in [0.717, 1.165) is 16.1 Å². The molecule has 56 valence electrons. The third-order valence-electron chi connectivity index (χ3n) is 1.06. The lowest BCUT2D eigenvalue weighted by Crippen LogP contribution is -1.91. The Balaban J connectivity index is 2.42. The first-order valence-corrected chi connectivity index (χ1v) is 4.18. The number of imidazole rings is 1. The summed E-state index contributed by atoms with van der Waals surface area (Å²) in [5, 5.41) is 0. The van der Waals surface area contributed by atoms with E-state index in [1.165, 1.54) is 0 Å². The number of aromatic amines is 1. The zero-order chi connectivity index (χ0) is 7.40. The number of rotatable bonds is 3. The molecule has 0 radical (unpaired) electrons. The first kappa shape index (κ1) is 8.00. The van der Waals surface area contributed by atoms with E-state index < -0.39 is 0 Å². The van der Waals surface area contributed by atoms with Crippen molar-refractivity contribution >= 4 is 22.6 Å².